The van der Waals surface area contributed by atoms with Crippen molar-refractivity contribution in [3.8, 4) is 0 Å². The van der Waals surface area contributed by atoms with Gasteiger partial charge in [-0.3, -0.25) is 15.0 Å². The summed E-state index contributed by atoms with van der Waals surface area (Å²) in [5.41, 5.74) is 1.27. The van der Waals surface area contributed by atoms with Gasteiger partial charge in [-0.15, -0.1) is 0 Å². The van der Waals surface area contributed by atoms with Gasteiger partial charge in [0.1, 0.15) is 17.7 Å². The Morgan fingerprint density at radius 1 is 1.00 bits per heavy atom. The van der Waals surface area contributed by atoms with Gasteiger partial charge in [0.05, 0.1) is 0 Å². The molecule has 0 saturated carbocycles. The quantitative estimate of drug-likeness (QED) is 0.309. The summed E-state index contributed by atoms with van der Waals surface area (Å²) in [4.78, 5) is 34.2. The second-order valence-corrected chi connectivity index (χ2v) is 5.11. The van der Waals surface area contributed by atoms with Crippen LogP contribution in [0.4, 0.5) is 4.79 Å². The summed E-state index contributed by atoms with van der Waals surface area (Å²) in [5, 5.41) is 4.76. The first-order valence-corrected chi connectivity index (χ1v) is 5.87. The van der Waals surface area contributed by atoms with E-state index in [1.165, 1.54) is 13.8 Å². The number of carbonyl (C=O) groups excluding carboxylic acids is 3. The van der Waals surface area contributed by atoms with E-state index in [1.54, 1.807) is 20.8 Å². The Bertz CT molecular complexity index is 351. The smallest absolute Gasteiger partial charge is 0.408 e. The van der Waals surface area contributed by atoms with Crippen molar-refractivity contribution in [3.63, 3.8) is 0 Å². The number of hydrogen-bond acceptors (Lipinski definition) is 5. The van der Waals surface area contributed by atoms with Gasteiger partial charge in [-0.05, 0) is 34.6 Å². The Labute approximate surface area is 112 Å². The van der Waals surface area contributed by atoms with Crippen molar-refractivity contribution in [1.82, 2.24) is 16.1 Å². The molecule has 19 heavy (non-hydrogen) atoms. The van der Waals surface area contributed by atoms with Gasteiger partial charge in [-0.2, -0.15) is 0 Å². The monoisotopic (exact) mass is 274 g/mol. The van der Waals surface area contributed by atoms with E-state index in [0.29, 0.717) is 0 Å². The molecule has 0 fully saturated rings. The molecular weight excluding hydrogens is 252 g/mol. The molecule has 0 saturated heterocycles. The third kappa shape index (κ3) is 7.24. The molecule has 0 radical (unpaired) electrons. The normalized spacial score (nSPS) is 14.0. The summed E-state index contributed by atoms with van der Waals surface area (Å²) in [6, 6.07) is -1.62. The number of alkyl carbamates (subject to hydrolysis) is 1. The lowest BCUT2D eigenvalue weighted by Gasteiger charge is -2.22. The molecule has 8 nitrogen and oxygen atoms in total. The van der Waals surface area contributed by atoms with Crippen LogP contribution in [0.5, 0.6) is 0 Å². The van der Waals surface area contributed by atoms with Gasteiger partial charge in [0.25, 0.3) is 5.91 Å². The maximum Gasteiger partial charge on any atom is 0.408 e. The number of nitrogens with one attached hydrogen (secondary N) is 3. The van der Waals surface area contributed by atoms with E-state index in [9.17, 15) is 14.4 Å². The third-order valence-corrected chi connectivity index (χ3v) is 2.02. The van der Waals surface area contributed by atoms with Gasteiger partial charge in [0.2, 0.25) is 5.91 Å². The molecule has 0 aliphatic heterocycles. The number of rotatable bonds is 4. The number of nitrogens with two attached hydrogens (primary N) is 1. The molecule has 0 spiro atoms. The van der Waals surface area contributed by atoms with Crippen LogP contribution < -0.4 is 21.9 Å². The lowest BCUT2D eigenvalue weighted by Crippen LogP contribution is -2.53. The average Bonchev–Trinajstić information content (AvgIpc) is 2.24. The van der Waals surface area contributed by atoms with E-state index in [1.807, 2.05) is 5.43 Å². The predicted molar refractivity (Wildman–Crippen MR) is 68.8 cm³/mol. The van der Waals surface area contributed by atoms with Crippen molar-refractivity contribution in [2.24, 2.45) is 5.84 Å². The second-order valence-electron chi connectivity index (χ2n) is 5.11. The van der Waals surface area contributed by atoms with Crippen LogP contribution in [0.2, 0.25) is 0 Å². The summed E-state index contributed by atoms with van der Waals surface area (Å²) < 4.78 is 5.00. The van der Waals surface area contributed by atoms with E-state index in [4.69, 9.17) is 10.6 Å². The molecule has 5 N–H and O–H groups in total. The molecule has 0 aliphatic rings. The Morgan fingerprint density at radius 3 is 1.89 bits per heavy atom. The third-order valence-electron chi connectivity index (χ3n) is 2.02. The molecule has 0 rings (SSSR count). The second kappa shape index (κ2) is 6.93. The van der Waals surface area contributed by atoms with E-state index in [2.05, 4.69) is 10.6 Å². The van der Waals surface area contributed by atoms with Crippen LogP contribution in [0.1, 0.15) is 34.6 Å². The van der Waals surface area contributed by atoms with Gasteiger partial charge in [-0.25, -0.2) is 10.6 Å². The zero-order valence-corrected chi connectivity index (χ0v) is 11.9. The number of amides is 3. The van der Waals surface area contributed by atoms with Crippen LogP contribution in [-0.2, 0) is 14.3 Å². The van der Waals surface area contributed by atoms with Crippen LogP contribution >= 0.6 is 0 Å². The van der Waals surface area contributed by atoms with Gasteiger partial charge < -0.3 is 15.4 Å². The molecule has 3 amide bonds. The van der Waals surface area contributed by atoms with Crippen LogP contribution in [0, 0.1) is 0 Å². The van der Waals surface area contributed by atoms with Gasteiger partial charge in [-0.1, -0.05) is 0 Å². The standard InChI is InChI=1S/C11H22N4O4/c1-6(14-10(18)19-11(3,4)5)8(16)13-7(2)9(17)15-12/h6-7H,12H2,1-5H3,(H,13,16)(H,14,18)(H,15,17)/t6-,7-/m1/s1. The Hall–Kier alpha value is -1.83. The predicted octanol–water partition coefficient (Wildman–Crippen LogP) is -0.606. The Kier molecular flexibility index (Phi) is 6.26. The molecule has 0 aromatic heterocycles. The minimum absolute atomic E-state index is 0.512. The molecule has 0 aromatic carbocycles. The van der Waals surface area contributed by atoms with Gasteiger partial charge in [0.15, 0.2) is 0 Å². The topological polar surface area (TPSA) is 123 Å². The maximum absolute atomic E-state index is 11.7. The fourth-order valence-electron chi connectivity index (χ4n) is 1.08. The molecular formula is C11H22N4O4. The number of hydrazine groups is 1. The van der Waals surface area contributed by atoms with E-state index in [0.717, 1.165) is 0 Å². The van der Waals surface area contributed by atoms with Crippen LogP contribution in [0.25, 0.3) is 0 Å². The maximum atomic E-state index is 11.7. The molecule has 110 valence electrons. The van der Waals surface area contributed by atoms with Crippen molar-refractivity contribution in [1.29, 1.82) is 0 Å². The van der Waals surface area contributed by atoms with E-state index >= 15 is 0 Å². The summed E-state index contributed by atoms with van der Waals surface area (Å²) in [6.45, 7) is 8.09. The van der Waals surface area contributed by atoms with Crippen molar-refractivity contribution < 1.29 is 19.1 Å². The molecule has 0 heterocycles. The van der Waals surface area contributed by atoms with Crippen molar-refractivity contribution in [3.05, 3.63) is 0 Å². The number of hydrogen-bond donors (Lipinski definition) is 4. The highest BCUT2D eigenvalue weighted by atomic mass is 16.6. The highest BCUT2D eigenvalue weighted by molar-refractivity contribution is 5.90. The minimum Gasteiger partial charge on any atom is -0.444 e. The molecule has 8 heteroatoms. The number of ether oxygens (including phenoxy) is 1. The summed E-state index contributed by atoms with van der Waals surface area (Å²) in [5.74, 6) is 3.89. The molecule has 0 unspecified atom stereocenters. The highest BCUT2D eigenvalue weighted by Gasteiger charge is 2.23. The summed E-state index contributed by atoms with van der Waals surface area (Å²) in [6.07, 6.45) is -0.703. The minimum atomic E-state index is -0.831. The lowest BCUT2D eigenvalue weighted by molar-refractivity contribution is -0.129. The summed E-state index contributed by atoms with van der Waals surface area (Å²) in [7, 11) is 0. The van der Waals surface area contributed by atoms with Crippen molar-refractivity contribution in [2.45, 2.75) is 52.3 Å². The first-order valence-electron chi connectivity index (χ1n) is 5.87. The fraction of sp³-hybridized carbons (Fsp3) is 0.727. The average molecular weight is 274 g/mol. The zero-order valence-electron chi connectivity index (χ0n) is 11.9. The van der Waals surface area contributed by atoms with Crippen molar-refractivity contribution in [2.75, 3.05) is 0 Å². The van der Waals surface area contributed by atoms with Crippen LogP contribution in [-0.4, -0.2) is 35.6 Å². The van der Waals surface area contributed by atoms with E-state index < -0.39 is 35.6 Å². The zero-order chi connectivity index (χ0) is 15.2. The fourth-order valence-corrected chi connectivity index (χ4v) is 1.08. The molecule has 2 atom stereocenters. The molecule has 0 aliphatic carbocycles. The largest absolute Gasteiger partial charge is 0.444 e. The summed E-state index contributed by atoms with van der Waals surface area (Å²) >= 11 is 0. The lowest BCUT2D eigenvalue weighted by atomic mass is 10.2. The van der Waals surface area contributed by atoms with E-state index in [-0.39, 0.29) is 0 Å². The Balaban J connectivity index is 4.28. The van der Waals surface area contributed by atoms with Crippen molar-refractivity contribution >= 4 is 17.9 Å². The first-order chi connectivity index (χ1) is 8.56. The van der Waals surface area contributed by atoms with Crippen LogP contribution in [0.3, 0.4) is 0 Å². The molecule has 0 aromatic rings. The SMILES string of the molecule is C[C@@H](NC(=O)OC(C)(C)C)C(=O)N[C@H](C)C(=O)NN. The number of carbonyl (C=O) groups is 3. The van der Waals surface area contributed by atoms with Crippen LogP contribution in [0.15, 0.2) is 0 Å². The molecule has 0 bridgehead atoms. The first kappa shape index (κ1) is 17.2. The highest BCUT2D eigenvalue weighted by Crippen LogP contribution is 2.06. The Morgan fingerprint density at radius 2 is 1.47 bits per heavy atom. The van der Waals surface area contributed by atoms with Gasteiger partial charge in [0, 0.05) is 0 Å². The van der Waals surface area contributed by atoms with Gasteiger partial charge >= 0.3 is 6.09 Å².